The molecule has 5 heteroatoms. The molecule has 2 saturated carbocycles. The third kappa shape index (κ3) is 7.44. The molecule has 0 aromatic carbocycles. The van der Waals surface area contributed by atoms with Gasteiger partial charge in [-0.3, -0.25) is 9.59 Å². The normalized spacial score (nSPS) is 24.6. The van der Waals surface area contributed by atoms with E-state index >= 15 is 0 Å². The number of rotatable bonds is 15. The highest BCUT2D eigenvalue weighted by molar-refractivity contribution is 5.83. The molecule has 5 nitrogen and oxygen atoms in total. The molecule has 3 atom stereocenters. The van der Waals surface area contributed by atoms with Gasteiger partial charge in [-0.05, 0) is 62.7 Å². The Morgan fingerprint density at radius 2 is 1.93 bits per heavy atom. The molecular weight excluding hydrogens is 380 g/mol. The zero-order valence-electron chi connectivity index (χ0n) is 18.3. The fraction of sp³-hybridized carbons (Fsp3) is 0.760. The zero-order valence-corrected chi connectivity index (χ0v) is 18.3. The molecule has 0 aromatic rings. The molecule has 1 unspecified atom stereocenters. The quantitative estimate of drug-likeness (QED) is 0.276. The number of carbonyl (C=O) groups is 2. The van der Waals surface area contributed by atoms with E-state index in [0.29, 0.717) is 25.0 Å². The number of ketones is 2. The molecule has 0 amide bonds. The van der Waals surface area contributed by atoms with Gasteiger partial charge in [0.15, 0.2) is 5.78 Å². The second-order valence-corrected chi connectivity index (χ2v) is 9.15. The van der Waals surface area contributed by atoms with Crippen molar-refractivity contribution in [1.29, 1.82) is 0 Å². The second-order valence-electron chi connectivity index (χ2n) is 9.15. The predicted octanol–water partition coefficient (Wildman–Crippen LogP) is 3.90. The number of Topliss-reactive ketones (excluding diaryl/α,β-unsaturated/α-hetero) is 2. The fourth-order valence-corrected chi connectivity index (χ4v) is 4.87. The van der Waals surface area contributed by atoms with Crippen molar-refractivity contribution in [3.63, 3.8) is 0 Å². The number of hydrogen-bond acceptors (Lipinski definition) is 5. The van der Waals surface area contributed by atoms with Crippen LogP contribution in [0, 0.1) is 17.3 Å². The van der Waals surface area contributed by atoms with Gasteiger partial charge < -0.3 is 15.3 Å². The van der Waals surface area contributed by atoms with E-state index in [1.54, 1.807) is 0 Å². The predicted molar refractivity (Wildman–Crippen MR) is 118 cm³/mol. The van der Waals surface area contributed by atoms with Crippen LogP contribution in [0.5, 0.6) is 0 Å². The first-order valence-corrected chi connectivity index (χ1v) is 11.8. The molecule has 0 aromatic heterocycles. The number of hydrogen-bond donors (Lipinski definition) is 3. The van der Waals surface area contributed by atoms with Crippen molar-refractivity contribution in [2.45, 2.75) is 89.6 Å². The summed E-state index contributed by atoms with van der Waals surface area (Å²) in [6.07, 6.45) is 18.9. The SMILES string of the molecule is O=C(CO)CCCC=CC[C@H]1C(=O)CC[C@@H]1C=CC(O)C1(CCCCCO)CCC1. The molecular formula is C25H40O5. The van der Waals surface area contributed by atoms with Crippen molar-refractivity contribution < 1.29 is 24.9 Å². The highest BCUT2D eigenvalue weighted by Gasteiger charge is 2.42. The molecule has 0 radical (unpaired) electrons. The average Bonchev–Trinajstić information content (AvgIpc) is 3.06. The monoisotopic (exact) mass is 420 g/mol. The molecule has 0 heterocycles. The first-order valence-electron chi connectivity index (χ1n) is 11.8. The van der Waals surface area contributed by atoms with Crippen LogP contribution in [0.15, 0.2) is 24.3 Å². The van der Waals surface area contributed by atoms with Crippen LogP contribution in [0.4, 0.5) is 0 Å². The van der Waals surface area contributed by atoms with Crippen molar-refractivity contribution in [1.82, 2.24) is 0 Å². The number of aliphatic hydroxyl groups is 3. The van der Waals surface area contributed by atoms with Gasteiger partial charge in [0.05, 0.1) is 6.10 Å². The summed E-state index contributed by atoms with van der Waals surface area (Å²) in [4.78, 5) is 23.4. The van der Waals surface area contributed by atoms with Crippen molar-refractivity contribution in [2.75, 3.05) is 13.2 Å². The Hall–Kier alpha value is -1.30. The van der Waals surface area contributed by atoms with Crippen LogP contribution < -0.4 is 0 Å². The molecule has 3 N–H and O–H groups in total. The molecule has 170 valence electrons. The molecule has 0 bridgehead atoms. The Morgan fingerprint density at radius 3 is 2.60 bits per heavy atom. The molecule has 0 saturated heterocycles. The summed E-state index contributed by atoms with van der Waals surface area (Å²) in [5, 5.41) is 28.5. The Balaban J connectivity index is 1.81. The van der Waals surface area contributed by atoms with Crippen molar-refractivity contribution >= 4 is 11.6 Å². The van der Waals surface area contributed by atoms with Crippen molar-refractivity contribution in [3.8, 4) is 0 Å². The Morgan fingerprint density at radius 1 is 1.13 bits per heavy atom. The topological polar surface area (TPSA) is 94.8 Å². The summed E-state index contributed by atoms with van der Waals surface area (Å²) < 4.78 is 0. The first-order chi connectivity index (χ1) is 14.5. The van der Waals surface area contributed by atoms with Gasteiger partial charge in [0.2, 0.25) is 0 Å². The van der Waals surface area contributed by atoms with Gasteiger partial charge in [0.25, 0.3) is 0 Å². The lowest BCUT2D eigenvalue weighted by Crippen LogP contribution is -2.40. The van der Waals surface area contributed by atoms with Gasteiger partial charge in [0.1, 0.15) is 12.4 Å². The highest BCUT2D eigenvalue weighted by Crippen LogP contribution is 2.48. The summed E-state index contributed by atoms with van der Waals surface area (Å²) in [7, 11) is 0. The lowest BCUT2D eigenvalue weighted by Gasteiger charge is -2.45. The molecule has 2 fully saturated rings. The summed E-state index contributed by atoms with van der Waals surface area (Å²) in [5.74, 6) is 0.363. The molecule has 2 aliphatic rings. The van der Waals surface area contributed by atoms with Crippen LogP contribution in [0.25, 0.3) is 0 Å². The first kappa shape index (κ1) is 25.0. The van der Waals surface area contributed by atoms with Crippen LogP contribution in [-0.4, -0.2) is 46.2 Å². The van der Waals surface area contributed by atoms with Gasteiger partial charge in [-0.15, -0.1) is 0 Å². The smallest absolute Gasteiger partial charge is 0.158 e. The van der Waals surface area contributed by atoms with Gasteiger partial charge >= 0.3 is 0 Å². The van der Waals surface area contributed by atoms with Crippen molar-refractivity contribution in [2.24, 2.45) is 17.3 Å². The third-order valence-corrected chi connectivity index (χ3v) is 7.06. The van der Waals surface area contributed by atoms with E-state index in [-0.39, 0.29) is 36.2 Å². The van der Waals surface area contributed by atoms with E-state index in [2.05, 4.69) is 6.08 Å². The van der Waals surface area contributed by atoms with E-state index in [0.717, 1.165) is 57.8 Å². The maximum Gasteiger partial charge on any atom is 0.158 e. The minimum Gasteiger partial charge on any atom is -0.396 e. The van der Waals surface area contributed by atoms with Gasteiger partial charge in [-0.1, -0.05) is 43.6 Å². The summed E-state index contributed by atoms with van der Waals surface area (Å²) in [6.45, 7) is -0.147. The molecule has 0 spiro atoms. The largest absolute Gasteiger partial charge is 0.396 e. The highest BCUT2D eigenvalue weighted by atomic mass is 16.3. The molecule has 30 heavy (non-hydrogen) atoms. The van der Waals surface area contributed by atoms with E-state index in [1.165, 1.54) is 6.42 Å². The van der Waals surface area contributed by atoms with Gasteiger partial charge in [-0.25, -0.2) is 0 Å². The standard InChI is InChI=1S/C25H40O5/c26-18-7-3-6-15-25(16-8-17-25)24(30)14-12-20-11-13-23(29)22(20)10-5-2-1-4-9-21(28)19-27/h2,5,12,14,20,22,24,26-27,30H,1,3-4,6-11,13,15-19H2/t20-,22-,24?/m1/s1. The van der Waals surface area contributed by atoms with E-state index < -0.39 is 6.10 Å². The van der Waals surface area contributed by atoms with Crippen LogP contribution in [0.1, 0.15) is 83.5 Å². The number of allylic oxidation sites excluding steroid dienone is 3. The average molecular weight is 421 g/mol. The van der Waals surface area contributed by atoms with Crippen molar-refractivity contribution in [3.05, 3.63) is 24.3 Å². The Kier molecular flexibility index (Phi) is 11.0. The van der Waals surface area contributed by atoms with E-state index in [4.69, 9.17) is 10.2 Å². The minimum absolute atomic E-state index is 0.00400. The fourth-order valence-electron chi connectivity index (χ4n) is 4.87. The van der Waals surface area contributed by atoms with Crippen LogP contribution in [0.2, 0.25) is 0 Å². The van der Waals surface area contributed by atoms with E-state index in [1.807, 2.05) is 18.2 Å². The lowest BCUT2D eigenvalue weighted by atomic mass is 9.62. The number of aliphatic hydroxyl groups excluding tert-OH is 3. The summed E-state index contributed by atoms with van der Waals surface area (Å²) >= 11 is 0. The maximum atomic E-state index is 12.3. The molecule has 2 aliphatic carbocycles. The van der Waals surface area contributed by atoms with E-state index in [9.17, 15) is 14.7 Å². The number of carbonyl (C=O) groups excluding carboxylic acids is 2. The third-order valence-electron chi connectivity index (χ3n) is 7.06. The van der Waals surface area contributed by atoms with Crippen LogP contribution in [-0.2, 0) is 9.59 Å². The van der Waals surface area contributed by atoms with Gasteiger partial charge in [-0.2, -0.15) is 0 Å². The van der Waals surface area contributed by atoms with Gasteiger partial charge in [0, 0.05) is 25.4 Å². The maximum absolute atomic E-state index is 12.3. The lowest BCUT2D eigenvalue weighted by molar-refractivity contribution is -0.122. The Bertz CT molecular complexity index is 590. The molecule has 2 rings (SSSR count). The molecule has 0 aliphatic heterocycles. The summed E-state index contributed by atoms with van der Waals surface area (Å²) in [6, 6.07) is 0. The second kappa shape index (κ2) is 13.2. The van der Waals surface area contributed by atoms with Crippen LogP contribution in [0.3, 0.4) is 0 Å². The Labute approximate surface area is 181 Å². The number of unbranched alkanes of at least 4 members (excludes halogenated alkanes) is 3. The summed E-state index contributed by atoms with van der Waals surface area (Å²) in [5.41, 5.74) is -0.00400. The van der Waals surface area contributed by atoms with Crippen LogP contribution >= 0.6 is 0 Å². The zero-order chi connectivity index (χ0) is 21.8. The minimum atomic E-state index is -0.448.